The third-order valence-corrected chi connectivity index (χ3v) is 3.88. The lowest BCUT2D eigenvalue weighted by molar-refractivity contribution is 0.129. The van der Waals surface area contributed by atoms with Crippen molar-refractivity contribution in [2.75, 3.05) is 26.8 Å². The topological polar surface area (TPSA) is 45.7 Å². The molecule has 0 aromatic heterocycles. The van der Waals surface area contributed by atoms with Crippen LogP contribution in [0.2, 0.25) is 5.02 Å². The first kappa shape index (κ1) is 16.1. The van der Waals surface area contributed by atoms with Crippen LogP contribution in [0.3, 0.4) is 0 Å². The quantitative estimate of drug-likeness (QED) is 0.462. The molecule has 1 atom stereocenters. The van der Waals surface area contributed by atoms with E-state index >= 15 is 0 Å². The second-order valence-corrected chi connectivity index (χ2v) is 5.81. The van der Waals surface area contributed by atoms with Gasteiger partial charge >= 0.3 is 0 Å². The van der Waals surface area contributed by atoms with E-state index in [1.54, 1.807) is 7.05 Å². The highest BCUT2D eigenvalue weighted by atomic mass is 35.5. The zero-order valence-corrected chi connectivity index (χ0v) is 13.5. The van der Waals surface area contributed by atoms with Crippen molar-refractivity contribution in [2.45, 2.75) is 25.8 Å². The first-order valence-corrected chi connectivity index (χ1v) is 7.88. The Hall–Kier alpha value is -1.26. The molecule has 0 bridgehead atoms. The van der Waals surface area contributed by atoms with Gasteiger partial charge in [0.2, 0.25) is 0 Å². The van der Waals surface area contributed by atoms with Crippen LogP contribution in [0.25, 0.3) is 0 Å². The standard InChI is InChI=1S/C16H24ClN3O/c1-12(14-5-3-4-6-15(14)17)20-16(18-2)19-9-10-21-11-13-7-8-13/h3-6,12-13H,7-11H2,1-2H3,(H2,18,19,20). The normalized spacial score (nSPS) is 16.6. The van der Waals surface area contributed by atoms with Gasteiger partial charge in [0.25, 0.3) is 0 Å². The summed E-state index contributed by atoms with van der Waals surface area (Å²) in [5.74, 6) is 1.57. The van der Waals surface area contributed by atoms with E-state index in [0.29, 0.717) is 6.61 Å². The van der Waals surface area contributed by atoms with E-state index in [-0.39, 0.29) is 6.04 Å². The average Bonchev–Trinajstić information content (AvgIpc) is 3.30. The predicted octanol–water partition coefficient (Wildman–Crippen LogP) is 2.99. The van der Waals surface area contributed by atoms with Crippen molar-refractivity contribution in [1.29, 1.82) is 0 Å². The third-order valence-electron chi connectivity index (χ3n) is 3.54. The summed E-state index contributed by atoms with van der Waals surface area (Å²) in [4.78, 5) is 4.22. The number of hydrogen-bond donors (Lipinski definition) is 2. The molecule has 0 saturated heterocycles. The number of guanidine groups is 1. The SMILES string of the molecule is CN=C(NCCOCC1CC1)NC(C)c1ccccc1Cl. The van der Waals surface area contributed by atoms with Crippen LogP contribution in [-0.4, -0.2) is 32.8 Å². The summed E-state index contributed by atoms with van der Waals surface area (Å²) in [6.07, 6.45) is 2.65. The van der Waals surface area contributed by atoms with Crippen LogP contribution in [0.15, 0.2) is 29.3 Å². The molecule has 0 aliphatic heterocycles. The molecule has 5 heteroatoms. The lowest BCUT2D eigenvalue weighted by Gasteiger charge is -2.19. The summed E-state index contributed by atoms with van der Waals surface area (Å²) in [6.45, 7) is 4.42. The summed E-state index contributed by atoms with van der Waals surface area (Å²) in [5.41, 5.74) is 1.06. The Morgan fingerprint density at radius 2 is 2.19 bits per heavy atom. The van der Waals surface area contributed by atoms with Crippen LogP contribution in [0.4, 0.5) is 0 Å². The fourth-order valence-corrected chi connectivity index (χ4v) is 2.38. The molecule has 1 unspecified atom stereocenters. The zero-order valence-electron chi connectivity index (χ0n) is 12.7. The van der Waals surface area contributed by atoms with Gasteiger partial charge < -0.3 is 15.4 Å². The number of ether oxygens (including phenoxy) is 1. The molecule has 1 fully saturated rings. The van der Waals surface area contributed by atoms with Crippen LogP contribution >= 0.6 is 11.6 Å². The largest absolute Gasteiger partial charge is 0.379 e. The molecule has 2 N–H and O–H groups in total. The molecule has 0 spiro atoms. The first-order valence-electron chi connectivity index (χ1n) is 7.50. The minimum atomic E-state index is 0.0947. The molecule has 116 valence electrons. The molecule has 4 nitrogen and oxygen atoms in total. The molecule has 21 heavy (non-hydrogen) atoms. The molecular weight excluding hydrogens is 286 g/mol. The molecule has 1 aromatic carbocycles. The number of aliphatic imine (C=N–C) groups is 1. The molecule has 2 rings (SSSR count). The summed E-state index contributed by atoms with van der Waals surface area (Å²) in [7, 11) is 1.76. The Morgan fingerprint density at radius 1 is 1.43 bits per heavy atom. The van der Waals surface area contributed by atoms with Gasteiger partial charge in [-0.05, 0) is 37.3 Å². The lowest BCUT2D eigenvalue weighted by atomic mass is 10.1. The van der Waals surface area contributed by atoms with Crippen molar-refractivity contribution in [3.8, 4) is 0 Å². The smallest absolute Gasteiger partial charge is 0.191 e. The fourth-order valence-electron chi connectivity index (χ4n) is 2.08. The van der Waals surface area contributed by atoms with E-state index in [1.807, 2.05) is 24.3 Å². The molecule has 0 radical (unpaired) electrons. The Morgan fingerprint density at radius 3 is 2.86 bits per heavy atom. The summed E-state index contributed by atoms with van der Waals surface area (Å²) < 4.78 is 5.59. The van der Waals surface area contributed by atoms with Gasteiger partial charge in [-0.3, -0.25) is 4.99 Å². The monoisotopic (exact) mass is 309 g/mol. The van der Waals surface area contributed by atoms with Gasteiger partial charge in [0.1, 0.15) is 0 Å². The fraction of sp³-hybridized carbons (Fsp3) is 0.562. The van der Waals surface area contributed by atoms with Crippen molar-refractivity contribution in [3.05, 3.63) is 34.9 Å². The average molecular weight is 310 g/mol. The Bertz CT molecular complexity index is 474. The maximum absolute atomic E-state index is 6.21. The van der Waals surface area contributed by atoms with Gasteiger partial charge in [-0.15, -0.1) is 0 Å². The van der Waals surface area contributed by atoms with E-state index in [4.69, 9.17) is 16.3 Å². The van der Waals surface area contributed by atoms with E-state index in [2.05, 4.69) is 22.5 Å². The lowest BCUT2D eigenvalue weighted by Crippen LogP contribution is -2.40. The highest BCUT2D eigenvalue weighted by molar-refractivity contribution is 6.31. The number of rotatable bonds is 7. The van der Waals surface area contributed by atoms with Crippen LogP contribution in [0, 0.1) is 5.92 Å². The Kier molecular flexibility index (Phi) is 6.33. The van der Waals surface area contributed by atoms with E-state index in [1.165, 1.54) is 12.8 Å². The third kappa shape index (κ3) is 5.56. The second kappa shape index (κ2) is 8.25. The molecule has 1 saturated carbocycles. The van der Waals surface area contributed by atoms with Crippen LogP contribution < -0.4 is 10.6 Å². The summed E-state index contributed by atoms with van der Waals surface area (Å²) in [5, 5.41) is 7.35. The van der Waals surface area contributed by atoms with E-state index in [0.717, 1.165) is 35.6 Å². The number of benzene rings is 1. The van der Waals surface area contributed by atoms with E-state index in [9.17, 15) is 0 Å². The van der Waals surface area contributed by atoms with Crippen molar-refractivity contribution in [2.24, 2.45) is 10.9 Å². The van der Waals surface area contributed by atoms with Crippen molar-refractivity contribution < 1.29 is 4.74 Å². The number of halogens is 1. The zero-order chi connectivity index (χ0) is 15.1. The van der Waals surface area contributed by atoms with Crippen molar-refractivity contribution in [1.82, 2.24) is 10.6 Å². The molecule has 1 aromatic rings. The Balaban J connectivity index is 1.72. The van der Waals surface area contributed by atoms with Gasteiger partial charge in [0.05, 0.1) is 12.6 Å². The van der Waals surface area contributed by atoms with Gasteiger partial charge in [0, 0.05) is 25.2 Å². The molecule has 1 aliphatic carbocycles. The van der Waals surface area contributed by atoms with Crippen LogP contribution in [0.5, 0.6) is 0 Å². The molecular formula is C16H24ClN3O. The van der Waals surface area contributed by atoms with Gasteiger partial charge in [-0.1, -0.05) is 29.8 Å². The maximum Gasteiger partial charge on any atom is 0.191 e. The van der Waals surface area contributed by atoms with Crippen LogP contribution in [-0.2, 0) is 4.74 Å². The van der Waals surface area contributed by atoms with Crippen molar-refractivity contribution in [3.63, 3.8) is 0 Å². The minimum Gasteiger partial charge on any atom is -0.379 e. The molecule has 1 aliphatic rings. The van der Waals surface area contributed by atoms with Gasteiger partial charge in [-0.25, -0.2) is 0 Å². The highest BCUT2D eigenvalue weighted by Gasteiger charge is 2.20. The molecule has 0 heterocycles. The van der Waals surface area contributed by atoms with E-state index < -0.39 is 0 Å². The second-order valence-electron chi connectivity index (χ2n) is 5.40. The van der Waals surface area contributed by atoms with Gasteiger partial charge in [-0.2, -0.15) is 0 Å². The van der Waals surface area contributed by atoms with Crippen molar-refractivity contribution >= 4 is 17.6 Å². The number of hydrogen-bond acceptors (Lipinski definition) is 2. The maximum atomic E-state index is 6.21. The predicted molar refractivity (Wildman–Crippen MR) is 87.9 cm³/mol. The van der Waals surface area contributed by atoms with Gasteiger partial charge in [0.15, 0.2) is 5.96 Å². The highest BCUT2D eigenvalue weighted by Crippen LogP contribution is 2.28. The number of nitrogens with one attached hydrogen (secondary N) is 2. The first-order chi connectivity index (χ1) is 10.2. The Labute approximate surface area is 131 Å². The summed E-state index contributed by atoms with van der Waals surface area (Å²) in [6, 6.07) is 7.94. The summed E-state index contributed by atoms with van der Waals surface area (Å²) >= 11 is 6.21. The number of nitrogens with zero attached hydrogens (tertiary/aromatic N) is 1. The minimum absolute atomic E-state index is 0.0947. The van der Waals surface area contributed by atoms with Crippen LogP contribution in [0.1, 0.15) is 31.4 Å². The molecule has 0 amide bonds.